The van der Waals surface area contributed by atoms with Crippen LogP contribution in [0.3, 0.4) is 0 Å². The lowest BCUT2D eigenvalue weighted by Gasteiger charge is -2.25. The van der Waals surface area contributed by atoms with E-state index >= 15 is 0 Å². The van der Waals surface area contributed by atoms with E-state index in [0.717, 1.165) is 0 Å². The summed E-state index contributed by atoms with van der Waals surface area (Å²) >= 11 is 0. The largest absolute Gasteiger partial charge is 0.239 e. The molecule has 0 aliphatic rings. The van der Waals surface area contributed by atoms with Gasteiger partial charge in [-0.1, -0.05) is 32.6 Å². The first-order valence-corrected chi connectivity index (χ1v) is 3.94. The molecule has 0 aromatic heterocycles. The van der Waals surface area contributed by atoms with Gasteiger partial charge < -0.3 is 0 Å². The Morgan fingerprint density at radius 1 is 1.55 bits per heavy atom. The third-order valence-corrected chi connectivity index (χ3v) is 2.08. The molecule has 64 valence electrons. The Morgan fingerprint density at radius 2 is 2.00 bits per heavy atom. The van der Waals surface area contributed by atoms with E-state index in [4.69, 9.17) is 0 Å². The lowest BCUT2D eigenvalue weighted by molar-refractivity contribution is 0.173. The molecule has 0 aromatic rings. The number of hydrogen-bond acceptors (Lipinski definition) is 0. The maximum absolute atomic E-state index is 13.6. The minimum atomic E-state index is -1.27. The van der Waals surface area contributed by atoms with Crippen LogP contribution in [0.15, 0.2) is 24.3 Å². The molecule has 0 radical (unpaired) electrons. The van der Waals surface area contributed by atoms with Gasteiger partial charge in [-0.05, 0) is 25.3 Å². The van der Waals surface area contributed by atoms with Gasteiger partial charge in [-0.25, -0.2) is 4.39 Å². The maximum atomic E-state index is 13.6. The topological polar surface area (TPSA) is 0 Å². The van der Waals surface area contributed by atoms with Crippen molar-refractivity contribution in [3.8, 4) is 0 Å². The van der Waals surface area contributed by atoms with E-state index in [0.29, 0.717) is 5.57 Å². The summed E-state index contributed by atoms with van der Waals surface area (Å²) in [7, 11) is 0. The van der Waals surface area contributed by atoms with Crippen LogP contribution in [-0.2, 0) is 0 Å². The van der Waals surface area contributed by atoms with Crippen LogP contribution in [0.1, 0.15) is 27.7 Å². The van der Waals surface area contributed by atoms with Crippen molar-refractivity contribution in [2.45, 2.75) is 33.4 Å². The Labute approximate surface area is 68.8 Å². The molecule has 11 heavy (non-hydrogen) atoms. The van der Waals surface area contributed by atoms with Crippen molar-refractivity contribution in [3.05, 3.63) is 24.3 Å². The summed E-state index contributed by atoms with van der Waals surface area (Å²) < 4.78 is 13.6. The molecule has 1 unspecified atom stereocenters. The normalized spacial score (nSPS) is 17.3. The Hall–Kier alpha value is -0.590. The number of hydrogen-bond donors (Lipinski definition) is 0. The van der Waals surface area contributed by atoms with Gasteiger partial charge in [-0.15, -0.1) is 0 Å². The van der Waals surface area contributed by atoms with Crippen molar-refractivity contribution in [3.63, 3.8) is 0 Å². The Morgan fingerprint density at radius 3 is 2.27 bits per heavy atom. The number of rotatable bonds is 3. The molecule has 0 fully saturated rings. The predicted octanol–water partition coefficient (Wildman–Crippen LogP) is 3.50. The summed E-state index contributed by atoms with van der Waals surface area (Å²) in [6, 6.07) is 0. The molecule has 1 heteroatoms. The molecule has 1 atom stereocenters. The van der Waals surface area contributed by atoms with Crippen LogP contribution in [-0.4, -0.2) is 5.67 Å². The standard InChI is InChI=1S/C10H17F/c1-6-7-9(4)10(5,11)8(2)3/h6-8H,4H2,1-3,5H3. The van der Waals surface area contributed by atoms with Crippen LogP contribution in [0.25, 0.3) is 0 Å². The highest BCUT2D eigenvalue weighted by atomic mass is 19.1. The third kappa shape index (κ3) is 2.49. The Bertz CT molecular complexity index is 164. The Balaban J connectivity index is 4.42. The van der Waals surface area contributed by atoms with Crippen LogP contribution >= 0.6 is 0 Å². The average Bonchev–Trinajstić information content (AvgIpc) is 1.88. The summed E-state index contributed by atoms with van der Waals surface area (Å²) in [4.78, 5) is 0. The lowest BCUT2D eigenvalue weighted by Crippen LogP contribution is -2.26. The fourth-order valence-corrected chi connectivity index (χ4v) is 0.735. The minimum absolute atomic E-state index is 0.0220. The zero-order chi connectivity index (χ0) is 9.07. The van der Waals surface area contributed by atoms with Gasteiger partial charge in [0.1, 0.15) is 5.67 Å². The highest BCUT2D eigenvalue weighted by Gasteiger charge is 2.29. The molecule has 0 aliphatic carbocycles. The summed E-state index contributed by atoms with van der Waals surface area (Å²) in [6.07, 6.45) is 3.53. The van der Waals surface area contributed by atoms with E-state index < -0.39 is 5.67 Å². The van der Waals surface area contributed by atoms with Gasteiger partial charge in [-0.2, -0.15) is 0 Å². The third-order valence-electron chi connectivity index (χ3n) is 2.08. The summed E-state index contributed by atoms with van der Waals surface area (Å²) in [5.74, 6) is -0.0220. The molecular formula is C10H17F. The van der Waals surface area contributed by atoms with Gasteiger partial charge in [-0.3, -0.25) is 0 Å². The first-order valence-electron chi connectivity index (χ1n) is 3.94. The van der Waals surface area contributed by atoms with Gasteiger partial charge in [0.15, 0.2) is 0 Å². The summed E-state index contributed by atoms with van der Waals surface area (Å²) in [5.41, 5.74) is -0.720. The highest BCUT2D eigenvalue weighted by molar-refractivity contribution is 5.25. The van der Waals surface area contributed by atoms with Crippen LogP contribution in [0.4, 0.5) is 4.39 Å². The number of allylic oxidation sites excluding steroid dienone is 3. The molecule has 0 rings (SSSR count). The van der Waals surface area contributed by atoms with Crippen molar-refractivity contribution in [1.29, 1.82) is 0 Å². The monoisotopic (exact) mass is 156 g/mol. The van der Waals surface area contributed by atoms with E-state index in [2.05, 4.69) is 6.58 Å². The fraction of sp³-hybridized carbons (Fsp3) is 0.600. The fourth-order valence-electron chi connectivity index (χ4n) is 0.735. The predicted molar refractivity (Wildman–Crippen MR) is 48.3 cm³/mol. The highest BCUT2D eigenvalue weighted by Crippen LogP contribution is 2.29. The van der Waals surface area contributed by atoms with E-state index in [1.807, 2.05) is 26.8 Å². The summed E-state index contributed by atoms with van der Waals surface area (Å²) in [5, 5.41) is 0. The van der Waals surface area contributed by atoms with Gasteiger partial charge in [0.05, 0.1) is 0 Å². The Kier molecular flexibility index (Phi) is 3.50. The van der Waals surface area contributed by atoms with Crippen molar-refractivity contribution in [2.24, 2.45) is 5.92 Å². The smallest absolute Gasteiger partial charge is 0.134 e. The van der Waals surface area contributed by atoms with Crippen LogP contribution in [0.5, 0.6) is 0 Å². The van der Waals surface area contributed by atoms with Crippen molar-refractivity contribution >= 4 is 0 Å². The first kappa shape index (κ1) is 10.4. The molecule has 0 amide bonds. The quantitative estimate of drug-likeness (QED) is 0.548. The molecule has 0 nitrogen and oxygen atoms in total. The number of halogens is 1. The SMILES string of the molecule is C=C(C=CC)C(C)(F)C(C)C. The lowest BCUT2D eigenvalue weighted by atomic mass is 9.87. The molecule has 0 aromatic carbocycles. The van der Waals surface area contributed by atoms with Crippen molar-refractivity contribution < 1.29 is 4.39 Å². The van der Waals surface area contributed by atoms with Crippen LogP contribution < -0.4 is 0 Å². The molecule has 0 aliphatic heterocycles. The van der Waals surface area contributed by atoms with E-state index in [-0.39, 0.29) is 5.92 Å². The first-order chi connectivity index (χ1) is 4.92. The molecule has 0 N–H and O–H groups in total. The molecule has 0 saturated carbocycles. The second-order valence-electron chi connectivity index (χ2n) is 3.26. The molecule has 0 saturated heterocycles. The zero-order valence-corrected chi connectivity index (χ0v) is 7.82. The molecule has 0 bridgehead atoms. The van der Waals surface area contributed by atoms with Crippen molar-refractivity contribution in [1.82, 2.24) is 0 Å². The average molecular weight is 156 g/mol. The summed E-state index contributed by atoms with van der Waals surface area (Å²) in [6.45, 7) is 10.8. The molecular weight excluding hydrogens is 139 g/mol. The van der Waals surface area contributed by atoms with Gasteiger partial charge in [0.2, 0.25) is 0 Å². The van der Waals surface area contributed by atoms with Gasteiger partial charge in [0, 0.05) is 0 Å². The van der Waals surface area contributed by atoms with E-state index in [9.17, 15) is 4.39 Å². The molecule has 0 heterocycles. The molecule has 0 spiro atoms. The van der Waals surface area contributed by atoms with Gasteiger partial charge >= 0.3 is 0 Å². The number of alkyl halides is 1. The van der Waals surface area contributed by atoms with Gasteiger partial charge in [0.25, 0.3) is 0 Å². The van der Waals surface area contributed by atoms with E-state index in [1.54, 1.807) is 13.0 Å². The zero-order valence-electron chi connectivity index (χ0n) is 7.82. The van der Waals surface area contributed by atoms with Crippen LogP contribution in [0, 0.1) is 5.92 Å². The second kappa shape index (κ2) is 3.70. The van der Waals surface area contributed by atoms with E-state index in [1.165, 1.54) is 0 Å². The second-order valence-corrected chi connectivity index (χ2v) is 3.26. The maximum Gasteiger partial charge on any atom is 0.134 e. The minimum Gasteiger partial charge on any atom is -0.239 e. The van der Waals surface area contributed by atoms with Crippen molar-refractivity contribution in [2.75, 3.05) is 0 Å². The van der Waals surface area contributed by atoms with Crippen LogP contribution in [0.2, 0.25) is 0 Å².